The van der Waals surface area contributed by atoms with E-state index in [9.17, 15) is 0 Å². The van der Waals surface area contributed by atoms with Gasteiger partial charge in [-0.2, -0.15) is 0 Å². The van der Waals surface area contributed by atoms with Crippen molar-refractivity contribution in [2.75, 3.05) is 0 Å². The van der Waals surface area contributed by atoms with E-state index in [4.69, 9.17) is 0 Å². The Bertz CT molecular complexity index is 2030. The average molecular weight is 581 g/mol. The fraction of sp³-hybridized carbons (Fsp3) is 0.136. The fourth-order valence-corrected chi connectivity index (χ4v) is 7.40. The van der Waals surface area contributed by atoms with Gasteiger partial charge in [0.15, 0.2) is 0 Å². The van der Waals surface area contributed by atoms with Gasteiger partial charge in [-0.3, -0.25) is 0 Å². The van der Waals surface area contributed by atoms with E-state index < -0.39 is 0 Å². The molecule has 2 aliphatic rings. The molecule has 2 atom stereocenters. The van der Waals surface area contributed by atoms with Crippen LogP contribution in [0.1, 0.15) is 36.1 Å². The Morgan fingerprint density at radius 2 is 1.60 bits per heavy atom. The molecule has 4 aromatic rings. The first-order valence-electron chi connectivity index (χ1n) is 16.0. The van der Waals surface area contributed by atoms with Gasteiger partial charge in [0, 0.05) is 5.92 Å². The molecular formula is C44H41B. The Labute approximate surface area is 269 Å². The minimum absolute atomic E-state index is 0.213. The summed E-state index contributed by atoms with van der Waals surface area (Å²) in [6.45, 7) is 17.7. The topological polar surface area (TPSA) is 0 Å². The van der Waals surface area contributed by atoms with Gasteiger partial charge >= 0.3 is 0 Å². The van der Waals surface area contributed by atoms with Crippen LogP contribution in [0, 0.1) is 19.8 Å². The van der Waals surface area contributed by atoms with E-state index in [1.165, 1.54) is 65.9 Å². The predicted molar refractivity (Wildman–Crippen MR) is 201 cm³/mol. The lowest BCUT2D eigenvalue weighted by Gasteiger charge is -2.37. The first-order valence-corrected chi connectivity index (χ1v) is 16.0. The molecule has 0 radical (unpaired) electrons. The molecule has 4 aromatic carbocycles. The number of aryl methyl sites for hydroxylation is 1. The van der Waals surface area contributed by atoms with Crippen molar-refractivity contribution in [3.8, 4) is 0 Å². The van der Waals surface area contributed by atoms with Crippen molar-refractivity contribution in [2.24, 2.45) is 5.92 Å². The van der Waals surface area contributed by atoms with E-state index in [0.717, 1.165) is 5.57 Å². The molecular weight excluding hydrogens is 539 g/mol. The van der Waals surface area contributed by atoms with Gasteiger partial charge in [-0.25, -0.2) is 0 Å². The summed E-state index contributed by atoms with van der Waals surface area (Å²) in [5.41, 5.74) is 11.6. The molecule has 0 aliphatic heterocycles. The summed E-state index contributed by atoms with van der Waals surface area (Å²) < 4.78 is 0. The lowest BCUT2D eigenvalue weighted by Crippen LogP contribution is -2.43. The van der Waals surface area contributed by atoms with Crippen LogP contribution in [0.15, 0.2) is 163 Å². The Balaban J connectivity index is 1.45. The van der Waals surface area contributed by atoms with Crippen molar-refractivity contribution in [2.45, 2.75) is 33.5 Å². The highest BCUT2D eigenvalue weighted by atomic mass is 14.3. The van der Waals surface area contributed by atoms with Crippen molar-refractivity contribution in [3.63, 3.8) is 0 Å². The predicted octanol–water partition coefficient (Wildman–Crippen LogP) is 11.3. The molecule has 2 aliphatic carbocycles. The van der Waals surface area contributed by atoms with Gasteiger partial charge in [0.25, 0.3) is 0 Å². The van der Waals surface area contributed by atoms with Crippen LogP contribution in [-0.2, 0) is 0 Å². The molecule has 0 fully saturated rings. The second-order valence-electron chi connectivity index (χ2n) is 12.4. The van der Waals surface area contributed by atoms with Gasteiger partial charge in [-0.15, -0.1) is 0 Å². The van der Waals surface area contributed by atoms with E-state index in [2.05, 4.69) is 168 Å². The van der Waals surface area contributed by atoms with Gasteiger partial charge in [0.2, 0.25) is 6.71 Å². The molecule has 0 bridgehead atoms. The maximum absolute atomic E-state index is 4.57. The highest BCUT2D eigenvalue weighted by molar-refractivity contribution is 6.84. The maximum Gasteiger partial charge on any atom is 0.213 e. The van der Waals surface area contributed by atoms with Crippen LogP contribution in [0.4, 0.5) is 0 Å². The Hall–Kier alpha value is -4.88. The van der Waals surface area contributed by atoms with Crippen LogP contribution in [0.5, 0.6) is 0 Å². The van der Waals surface area contributed by atoms with Crippen molar-refractivity contribution in [1.29, 1.82) is 0 Å². The third kappa shape index (κ3) is 5.84. The van der Waals surface area contributed by atoms with Crippen molar-refractivity contribution < 1.29 is 0 Å². The van der Waals surface area contributed by atoms with E-state index in [1.54, 1.807) is 0 Å². The second kappa shape index (κ2) is 13.0. The molecule has 0 saturated heterocycles. The van der Waals surface area contributed by atoms with Crippen molar-refractivity contribution in [3.05, 3.63) is 186 Å². The highest BCUT2D eigenvalue weighted by Gasteiger charge is 2.39. The smallest absolute Gasteiger partial charge is 0.0991 e. The third-order valence-corrected chi connectivity index (χ3v) is 9.64. The molecule has 1 heteroatoms. The molecule has 1 unspecified atom stereocenters. The second-order valence-corrected chi connectivity index (χ2v) is 12.4. The zero-order chi connectivity index (χ0) is 31.5. The number of hydrogen-bond acceptors (Lipinski definition) is 0. The molecule has 0 amide bonds. The summed E-state index contributed by atoms with van der Waals surface area (Å²) in [5.74, 6) is 0.661. The quantitative estimate of drug-likeness (QED) is 0.144. The molecule has 0 N–H and O–H groups in total. The molecule has 45 heavy (non-hydrogen) atoms. The monoisotopic (exact) mass is 580 g/mol. The van der Waals surface area contributed by atoms with Crippen LogP contribution in [0.2, 0.25) is 5.82 Å². The lowest BCUT2D eigenvalue weighted by molar-refractivity contribution is 0.732. The minimum Gasteiger partial charge on any atom is -0.0991 e. The molecule has 0 spiro atoms. The van der Waals surface area contributed by atoms with Gasteiger partial charge in [-0.05, 0) is 82.0 Å². The summed E-state index contributed by atoms with van der Waals surface area (Å²) in [6.07, 6.45) is 26.4. The third-order valence-electron chi connectivity index (χ3n) is 9.64. The molecule has 0 nitrogen and oxygen atoms in total. The van der Waals surface area contributed by atoms with Crippen molar-refractivity contribution in [1.82, 2.24) is 0 Å². The summed E-state index contributed by atoms with van der Waals surface area (Å²) >= 11 is 0. The zero-order valence-corrected chi connectivity index (χ0v) is 26.9. The van der Waals surface area contributed by atoms with E-state index in [1.807, 2.05) is 12.2 Å². The van der Waals surface area contributed by atoms with Crippen LogP contribution in [0.3, 0.4) is 0 Å². The summed E-state index contributed by atoms with van der Waals surface area (Å²) in [7, 11) is 0. The zero-order valence-electron chi connectivity index (χ0n) is 26.9. The molecule has 0 aromatic heterocycles. The first kappa shape index (κ1) is 30.2. The standard InChI is InChI=1S/C44H41B/c1-7-8-18-37-29-38-21-11-12-22-39(38)42(34(37)6)30(2)16-15-17-33(5)45(43-31(3)25-27-35-19-9-13-23-40(35)43)44-32(4)26-28-36-20-10-14-24-41(36)44/h7-29,40,43H,1-2H2,3-6H3/b16-15-,18-8-,33-17+/t40-,43?/m0/s1. The van der Waals surface area contributed by atoms with Crippen molar-refractivity contribution >= 4 is 45.4 Å². The highest BCUT2D eigenvalue weighted by Crippen LogP contribution is 2.43. The maximum atomic E-state index is 4.57. The van der Waals surface area contributed by atoms with E-state index >= 15 is 0 Å². The Kier molecular flexibility index (Phi) is 8.72. The van der Waals surface area contributed by atoms with E-state index in [-0.39, 0.29) is 6.71 Å². The number of rotatable bonds is 8. The van der Waals surface area contributed by atoms with Gasteiger partial charge in [0.1, 0.15) is 0 Å². The SMILES string of the molecule is C=C/C=C\c1cc2ccccc2c(C(=C)/C=C\C=C(/C)B(c2c(C)ccc3ccccc23)C2C(C)=CC=C3C=CC=C[C@@H]32)c1C. The van der Waals surface area contributed by atoms with Crippen LogP contribution in [0.25, 0.3) is 33.2 Å². The van der Waals surface area contributed by atoms with Gasteiger partial charge in [-0.1, -0.05) is 176 Å². The first-order chi connectivity index (χ1) is 21.9. The average Bonchev–Trinajstić information content (AvgIpc) is 3.05. The molecule has 6 rings (SSSR count). The Morgan fingerprint density at radius 1 is 0.844 bits per heavy atom. The number of benzene rings is 4. The number of allylic oxidation sites excluding steroid dienone is 15. The van der Waals surface area contributed by atoms with Crippen LogP contribution in [-0.4, -0.2) is 6.71 Å². The summed E-state index contributed by atoms with van der Waals surface area (Å²) in [4.78, 5) is 0. The van der Waals surface area contributed by atoms with E-state index in [0.29, 0.717) is 11.7 Å². The lowest BCUT2D eigenvalue weighted by atomic mass is 9.28. The molecule has 0 heterocycles. The van der Waals surface area contributed by atoms with Crippen LogP contribution >= 0.6 is 0 Å². The summed E-state index contributed by atoms with van der Waals surface area (Å²) in [5, 5.41) is 5.08. The van der Waals surface area contributed by atoms with Gasteiger partial charge < -0.3 is 0 Å². The molecule has 220 valence electrons. The number of hydrogen-bond donors (Lipinski definition) is 0. The fourth-order valence-electron chi connectivity index (χ4n) is 7.40. The normalized spacial score (nSPS) is 18.0. The summed E-state index contributed by atoms with van der Waals surface area (Å²) in [6, 6.07) is 24.3. The van der Waals surface area contributed by atoms with Crippen LogP contribution < -0.4 is 5.46 Å². The number of fused-ring (bicyclic) bond motifs is 3. The van der Waals surface area contributed by atoms with Gasteiger partial charge in [0.05, 0.1) is 0 Å². The minimum atomic E-state index is 0.213. The Morgan fingerprint density at radius 3 is 2.40 bits per heavy atom. The largest absolute Gasteiger partial charge is 0.213 e. The molecule has 0 saturated carbocycles.